The Morgan fingerprint density at radius 1 is 1.06 bits per heavy atom. The Hall–Kier alpha value is -4.46. The Morgan fingerprint density at radius 3 is 2.50 bits per heavy atom. The summed E-state index contributed by atoms with van der Waals surface area (Å²) < 4.78 is 5.56. The maximum absolute atomic E-state index is 13.2. The zero-order valence-corrected chi connectivity index (χ0v) is 18.6. The molecule has 0 saturated carbocycles. The lowest BCUT2D eigenvalue weighted by Crippen LogP contribution is -2.29. The van der Waals surface area contributed by atoms with Crippen molar-refractivity contribution in [2.75, 3.05) is 11.5 Å². The number of aliphatic hydroxyl groups is 1. The highest BCUT2D eigenvalue weighted by Crippen LogP contribution is 2.43. The third-order valence-corrected chi connectivity index (χ3v) is 5.54. The van der Waals surface area contributed by atoms with Crippen molar-refractivity contribution in [3.63, 3.8) is 0 Å². The largest absolute Gasteiger partial charge is 0.507 e. The molecule has 0 aromatic heterocycles. The third kappa shape index (κ3) is 4.13. The number of rotatable bonds is 6. The van der Waals surface area contributed by atoms with Crippen LogP contribution in [0.25, 0.3) is 5.76 Å². The topological polar surface area (TPSA) is 110 Å². The Kier molecular flexibility index (Phi) is 6.14. The first-order chi connectivity index (χ1) is 16.3. The van der Waals surface area contributed by atoms with Crippen molar-refractivity contribution in [1.82, 2.24) is 0 Å². The van der Waals surface area contributed by atoms with Gasteiger partial charge in [-0.05, 0) is 31.5 Å². The number of hydrogen-bond donors (Lipinski definition) is 1. The highest BCUT2D eigenvalue weighted by Gasteiger charge is 2.47. The lowest BCUT2D eigenvalue weighted by atomic mass is 9.94. The number of amides is 1. The van der Waals surface area contributed by atoms with E-state index < -0.39 is 28.4 Å². The molecule has 1 amide bonds. The molecule has 1 aliphatic heterocycles. The molecular weight excluding hydrogens is 436 g/mol. The van der Waals surface area contributed by atoms with E-state index in [0.29, 0.717) is 23.6 Å². The van der Waals surface area contributed by atoms with Crippen LogP contribution in [0, 0.1) is 17.0 Å². The first kappa shape index (κ1) is 22.7. The van der Waals surface area contributed by atoms with Gasteiger partial charge in [-0.3, -0.25) is 24.6 Å². The predicted octanol–water partition coefficient (Wildman–Crippen LogP) is 4.93. The van der Waals surface area contributed by atoms with Crippen LogP contribution in [0.2, 0.25) is 0 Å². The molecule has 3 aromatic rings. The fourth-order valence-corrected chi connectivity index (χ4v) is 4.07. The summed E-state index contributed by atoms with van der Waals surface area (Å²) in [6.07, 6.45) is 0. The van der Waals surface area contributed by atoms with Crippen LogP contribution in [0.3, 0.4) is 0 Å². The Labute approximate surface area is 195 Å². The maximum Gasteiger partial charge on any atom is 0.300 e. The number of hydrogen-bond acceptors (Lipinski definition) is 6. The lowest BCUT2D eigenvalue weighted by molar-refractivity contribution is -0.384. The summed E-state index contributed by atoms with van der Waals surface area (Å²) in [5.74, 6) is -1.63. The van der Waals surface area contributed by atoms with Gasteiger partial charge in [-0.1, -0.05) is 48.0 Å². The van der Waals surface area contributed by atoms with Crippen LogP contribution in [0.1, 0.15) is 29.7 Å². The van der Waals surface area contributed by atoms with Crippen molar-refractivity contribution in [3.8, 4) is 5.75 Å². The fraction of sp³-hybridized carbons (Fsp3) is 0.154. The average molecular weight is 458 g/mol. The van der Waals surface area contributed by atoms with E-state index in [4.69, 9.17) is 4.74 Å². The third-order valence-electron chi connectivity index (χ3n) is 5.54. The van der Waals surface area contributed by atoms with E-state index in [1.165, 1.54) is 29.2 Å². The van der Waals surface area contributed by atoms with Crippen LogP contribution in [-0.4, -0.2) is 28.3 Å². The standard InChI is InChI=1S/C26H22N2O6/c1-3-34-21-12-6-10-19(15-21)27-23(17-8-4-7-16(2)13-17)22(25(30)26(27)31)24(29)18-9-5-11-20(14-18)28(32)33/h4-15,23,29H,3H2,1-2H3/b24-22-. The van der Waals surface area contributed by atoms with E-state index >= 15 is 0 Å². The molecule has 1 atom stereocenters. The van der Waals surface area contributed by atoms with Gasteiger partial charge in [0.15, 0.2) is 0 Å². The van der Waals surface area contributed by atoms with Crippen LogP contribution in [-0.2, 0) is 9.59 Å². The molecule has 8 nitrogen and oxygen atoms in total. The molecular formula is C26H22N2O6. The number of benzene rings is 3. The highest BCUT2D eigenvalue weighted by molar-refractivity contribution is 6.51. The van der Waals surface area contributed by atoms with Gasteiger partial charge in [0.2, 0.25) is 0 Å². The number of ether oxygens (including phenoxy) is 1. The van der Waals surface area contributed by atoms with E-state index in [9.17, 15) is 24.8 Å². The minimum atomic E-state index is -0.934. The van der Waals surface area contributed by atoms with E-state index in [2.05, 4.69) is 0 Å². The van der Waals surface area contributed by atoms with Crippen molar-refractivity contribution in [2.45, 2.75) is 19.9 Å². The van der Waals surface area contributed by atoms with Crippen molar-refractivity contribution in [1.29, 1.82) is 0 Å². The number of aryl methyl sites for hydroxylation is 1. The minimum absolute atomic E-state index is 0.0768. The van der Waals surface area contributed by atoms with Crippen LogP contribution >= 0.6 is 0 Å². The number of ketones is 1. The quantitative estimate of drug-likeness (QED) is 0.184. The molecule has 0 spiro atoms. The number of carbonyl (C=O) groups excluding carboxylic acids is 2. The molecule has 0 bridgehead atoms. The summed E-state index contributed by atoms with van der Waals surface area (Å²) in [4.78, 5) is 38.4. The van der Waals surface area contributed by atoms with Gasteiger partial charge in [-0.15, -0.1) is 0 Å². The zero-order chi connectivity index (χ0) is 24.4. The van der Waals surface area contributed by atoms with Gasteiger partial charge in [0.25, 0.3) is 17.4 Å². The molecule has 1 aliphatic rings. The van der Waals surface area contributed by atoms with Crippen LogP contribution in [0.4, 0.5) is 11.4 Å². The summed E-state index contributed by atoms with van der Waals surface area (Å²) in [5, 5.41) is 22.4. The summed E-state index contributed by atoms with van der Waals surface area (Å²) in [5.41, 5.74) is 1.65. The number of carbonyl (C=O) groups is 2. The van der Waals surface area contributed by atoms with E-state index in [0.717, 1.165) is 5.56 Å². The van der Waals surface area contributed by atoms with Crippen LogP contribution in [0.15, 0.2) is 78.4 Å². The number of non-ortho nitro benzene ring substituents is 1. The molecule has 0 aliphatic carbocycles. The second-order valence-electron chi connectivity index (χ2n) is 7.82. The van der Waals surface area contributed by atoms with E-state index in [-0.39, 0.29) is 16.8 Å². The normalized spacial score (nSPS) is 17.1. The van der Waals surface area contributed by atoms with Crippen molar-refractivity contribution >= 4 is 28.8 Å². The second-order valence-corrected chi connectivity index (χ2v) is 7.82. The fourth-order valence-electron chi connectivity index (χ4n) is 4.07. The molecule has 1 unspecified atom stereocenters. The zero-order valence-electron chi connectivity index (χ0n) is 18.6. The molecule has 0 radical (unpaired) electrons. The van der Waals surface area contributed by atoms with Crippen LogP contribution in [0.5, 0.6) is 5.75 Å². The molecule has 172 valence electrons. The molecule has 8 heteroatoms. The number of nitrogens with zero attached hydrogens (tertiary/aromatic N) is 2. The number of nitro groups is 1. The van der Waals surface area contributed by atoms with E-state index in [1.54, 1.807) is 36.4 Å². The molecule has 3 aromatic carbocycles. The SMILES string of the molecule is CCOc1cccc(N2C(=O)C(=O)/C(=C(\O)c3cccc([N+](=O)[O-])c3)C2c2cccc(C)c2)c1. The molecule has 4 rings (SSSR count). The number of Topliss-reactive ketones (excluding diaryl/α,β-unsaturated/α-hetero) is 1. The molecule has 1 N–H and O–H groups in total. The van der Waals surface area contributed by atoms with Crippen molar-refractivity contribution in [2.24, 2.45) is 0 Å². The monoisotopic (exact) mass is 458 g/mol. The van der Waals surface area contributed by atoms with Gasteiger partial charge in [-0.2, -0.15) is 0 Å². The van der Waals surface area contributed by atoms with Gasteiger partial charge >= 0.3 is 0 Å². The van der Waals surface area contributed by atoms with Crippen LogP contribution < -0.4 is 9.64 Å². The molecule has 34 heavy (non-hydrogen) atoms. The van der Waals surface area contributed by atoms with Gasteiger partial charge in [0.05, 0.1) is 23.1 Å². The van der Waals surface area contributed by atoms with E-state index in [1.807, 2.05) is 26.0 Å². The molecule has 1 fully saturated rings. The number of nitro benzene ring substituents is 1. The summed E-state index contributed by atoms with van der Waals surface area (Å²) in [7, 11) is 0. The van der Waals surface area contributed by atoms with Gasteiger partial charge in [-0.25, -0.2) is 0 Å². The molecule has 1 heterocycles. The molecule has 1 saturated heterocycles. The van der Waals surface area contributed by atoms with Gasteiger partial charge in [0, 0.05) is 29.4 Å². The van der Waals surface area contributed by atoms with Crippen molar-refractivity contribution in [3.05, 3.63) is 105 Å². The Morgan fingerprint density at radius 2 is 1.79 bits per heavy atom. The predicted molar refractivity (Wildman–Crippen MR) is 127 cm³/mol. The maximum atomic E-state index is 13.2. The number of aliphatic hydroxyl groups excluding tert-OH is 1. The summed E-state index contributed by atoms with van der Waals surface area (Å²) >= 11 is 0. The first-order valence-electron chi connectivity index (χ1n) is 10.7. The minimum Gasteiger partial charge on any atom is -0.507 e. The summed E-state index contributed by atoms with van der Waals surface area (Å²) in [6, 6.07) is 18.5. The first-order valence-corrected chi connectivity index (χ1v) is 10.7. The second kappa shape index (κ2) is 9.19. The average Bonchev–Trinajstić information content (AvgIpc) is 3.09. The van der Waals surface area contributed by atoms with Gasteiger partial charge in [0.1, 0.15) is 11.5 Å². The van der Waals surface area contributed by atoms with Crippen molar-refractivity contribution < 1.29 is 24.4 Å². The lowest BCUT2D eigenvalue weighted by Gasteiger charge is -2.26. The summed E-state index contributed by atoms with van der Waals surface area (Å²) in [6.45, 7) is 4.15. The Balaban J connectivity index is 1.94. The number of anilines is 1. The Bertz CT molecular complexity index is 1330. The van der Waals surface area contributed by atoms with Gasteiger partial charge < -0.3 is 9.84 Å². The highest BCUT2D eigenvalue weighted by atomic mass is 16.6. The smallest absolute Gasteiger partial charge is 0.300 e.